The molecular weight excluding hydrogens is 208 g/mol. The van der Waals surface area contributed by atoms with Gasteiger partial charge in [0.1, 0.15) is 0 Å². The molecule has 2 N–H and O–H groups in total. The molecule has 0 radical (unpaired) electrons. The fourth-order valence-corrected chi connectivity index (χ4v) is 2.86. The lowest BCUT2D eigenvalue weighted by atomic mass is 9.97. The molecule has 1 aromatic heterocycles. The molecule has 0 spiro atoms. The third-order valence-electron chi connectivity index (χ3n) is 4.06. The van der Waals surface area contributed by atoms with Gasteiger partial charge in [-0.3, -0.25) is 0 Å². The monoisotopic (exact) mass is 228 g/mol. The summed E-state index contributed by atoms with van der Waals surface area (Å²) in [5, 5.41) is 4.83. The van der Waals surface area contributed by atoms with Gasteiger partial charge in [-0.2, -0.15) is 0 Å². The van der Waals surface area contributed by atoms with Gasteiger partial charge in [-0.1, -0.05) is 6.07 Å². The van der Waals surface area contributed by atoms with Crippen molar-refractivity contribution in [2.45, 2.75) is 26.7 Å². The molecule has 1 saturated heterocycles. The number of H-pyrrole nitrogens is 1. The Labute approximate surface area is 102 Å². The van der Waals surface area contributed by atoms with Crippen molar-refractivity contribution in [3.05, 3.63) is 35.0 Å². The molecule has 0 bridgehead atoms. The third-order valence-corrected chi connectivity index (χ3v) is 4.06. The van der Waals surface area contributed by atoms with Gasteiger partial charge in [0, 0.05) is 16.6 Å². The first kappa shape index (κ1) is 10.8. The third kappa shape index (κ3) is 1.98. The van der Waals surface area contributed by atoms with Crippen molar-refractivity contribution < 1.29 is 0 Å². The van der Waals surface area contributed by atoms with Gasteiger partial charge in [0.25, 0.3) is 0 Å². The van der Waals surface area contributed by atoms with Gasteiger partial charge in [0.05, 0.1) is 0 Å². The van der Waals surface area contributed by atoms with E-state index in [0.717, 1.165) is 5.92 Å². The van der Waals surface area contributed by atoms with E-state index in [1.165, 1.54) is 53.7 Å². The van der Waals surface area contributed by atoms with Gasteiger partial charge < -0.3 is 10.3 Å². The van der Waals surface area contributed by atoms with Crippen LogP contribution in [-0.4, -0.2) is 18.1 Å². The fourth-order valence-electron chi connectivity index (χ4n) is 2.86. The van der Waals surface area contributed by atoms with Crippen LogP contribution in [0.2, 0.25) is 0 Å². The Morgan fingerprint density at radius 3 is 2.94 bits per heavy atom. The van der Waals surface area contributed by atoms with Gasteiger partial charge in [0.15, 0.2) is 0 Å². The molecule has 1 aromatic carbocycles. The molecule has 1 aliphatic heterocycles. The number of fused-ring (bicyclic) bond motifs is 1. The predicted molar refractivity (Wildman–Crippen MR) is 72.5 cm³/mol. The maximum Gasteiger partial charge on any atom is 0.0458 e. The topological polar surface area (TPSA) is 27.8 Å². The molecule has 2 aromatic rings. The van der Waals surface area contributed by atoms with Gasteiger partial charge in [-0.05, 0) is 69.0 Å². The predicted octanol–water partition coefficient (Wildman–Crippen LogP) is 2.94. The maximum atomic E-state index is 3.44. The average Bonchev–Trinajstić information content (AvgIpc) is 2.91. The molecule has 2 heterocycles. The molecule has 2 nitrogen and oxygen atoms in total. The van der Waals surface area contributed by atoms with E-state index in [9.17, 15) is 0 Å². The Morgan fingerprint density at radius 2 is 2.18 bits per heavy atom. The number of aromatic nitrogens is 1. The summed E-state index contributed by atoms with van der Waals surface area (Å²) in [5.74, 6) is 0.827. The molecule has 0 saturated carbocycles. The van der Waals surface area contributed by atoms with Crippen LogP contribution in [0.25, 0.3) is 10.9 Å². The minimum Gasteiger partial charge on any atom is -0.358 e. The van der Waals surface area contributed by atoms with E-state index in [2.05, 4.69) is 42.3 Å². The zero-order valence-corrected chi connectivity index (χ0v) is 10.6. The summed E-state index contributed by atoms with van der Waals surface area (Å²) >= 11 is 0. The van der Waals surface area contributed by atoms with E-state index < -0.39 is 0 Å². The second-order valence-electron chi connectivity index (χ2n) is 5.32. The normalized spacial score (nSPS) is 20.2. The smallest absolute Gasteiger partial charge is 0.0458 e. The number of aromatic amines is 1. The molecule has 1 unspecified atom stereocenters. The van der Waals surface area contributed by atoms with E-state index in [0.29, 0.717) is 0 Å². The molecule has 0 amide bonds. The molecule has 17 heavy (non-hydrogen) atoms. The van der Waals surface area contributed by atoms with Crippen LogP contribution in [-0.2, 0) is 6.42 Å². The summed E-state index contributed by atoms with van der Waals surface area (Å²) in [7, 11) is 0. The van der Waals surface area contributed by atoms with Gasteiger partial charge in [-0.25, -0.2) is 0 Å². The number of aryl methyl sites for hydroxylation is 2. The molecule has 2 heteroatoms. The summed E-state index contributed by atoms with van der Waals surface area (Å²) in [6.45, 7) is 6.73. The summed E-state index contributed by atoms with van der Waals surface area (Å²) in [6.07, 6.45) is 2.54. The lowest BCUT2D eigenvalue weighted by Crippen LogP contribution is -2.10. The summed E-state index contributed by atoms with van der Waals surface area (Å²) in [4.78, 5) is 3.44. The van der Waals surface area contributed by atoms with Crippen LogP contribution in [0.3, 0.4) is 0 Å². The fraction of sp³-hybridized carbons (Fsp3) is 0.467. The van der Waals surface area contributed by atoms with Crippen molar-refractivity contribution in [3.8, 4) is 0 Å². The SMILES string of the molecule is Cc1[nH]c2ccc(CC3CCNC3)cc2c1C. The van der Waals surface area contributed by atoms with Crippen molar-refractivity contribution in [2.75, 3.05) is 13.1 Å². The van der Waals surface area contributed by atoms with E-state index in [1.807, 2.05) is 0 Å². The van der Waals surface area contributed by atoms with Crippen LogP contribution in [0.1, 0.15) is 23.2 Å². The summed E-state index contributed by atoms with van der Waals surface area (Å²) in [5.41, 5.74) is 5.44. The lowest BCUT2D eigenvalue weighted by molar-refractivity contribution is 0.580. The summed E-state index contributed by atoms with van der Waals surface area (Å²) < 4.78 is 0. The van der Waals surface area contributed by atoms with E-state index in [-0.39, 0.29) is 0 Å². The number of hydrogen-bond acceptors (Lipinski definition) is 1. The van der Waals surface area contributed by atoms with Crippen LogP contribution in [0, 0.1) is 19.8 Å². The largest absolute Gasteiger partial charge is 0.358 e. The highest BCUT2D eigenvalue weighted by Crippen LogP contribution is 2.24. The van der Waals surface area contributed by atoms with Crippen molar-refractivity contribution in [1.82, 2.24) is 10.3 Å². The Morgan fingerprint density at radius 1 is 1.29 bits per heavy atom. The number of benzene rings is 1. The Balaban J connectivity index is 1.92. The number of nitrogens with one attached hydrogen (secondary N) is 2. The van der Waals surface area contributed by atoms with Crippen molar-refractivity contribution in [1.29, 1.82) is 0 Å². The maximum absolute atomic E-state index is 3.44. The Hall–Kier alpha value is -1.28. The molecule has 90 valence electrons. The quantitative estimate of drug-likeness (QED) is 0.812. The Kier molecular flexibility index (Phi) is 2.67. The number of hydrogen-bond donors (Lipinski definition) is 2. The van der Waals surface area contributed by atoms with Crippen LogP contribution in [0.5, 0.6) is 0 Å². The molecule has 3 rings (SSSR count). The van der Waals surface area contributed by atoms with E-state index in [4.69, 9.17) is 0 Å². The first-order chi connectivity index (χ1) is 8.24. The first-order valence-electron chi connectivity index (χ1n) is 6.52. The van der Waals surface area contributed by atoms with Crippen molar-refractivity contribution >= 4 is 10.9 Å². The lowest BCUT2D eigenvalue weighted by Gasteiger charge is -2.08. The molecular formula is C15H20N2. The zero-order valence-electron chi connectivity index (χ0n) is 10.6. The van der Waals surface area contributed by atoms with Crippen LogP contribution >= 0.6 is 0 Å². The van der Waals surface area contributed by atoms with Crippen LogP contribution in [0.15, 0.2) is 18.2 Å². The van der Waals surface area contributed by atoms with Crippen molar-refractivity contribution in [3.63, 3.8) is 0 Å². The van der Waals surface area contributed by atoms with E-state index in [1.54, 1.807) is 0 Å². The van der Waals surface area contributed by atoms with Crippen LogP contribution < -0.4 is 5.32 Å². The first-order valence-corrected chi connectivity index (χ1v) is 6.52. The highest BCUT2D eigenvalue weighted by molar-refractivity contribution is 5.84. The molecule has 1 fully saturated rings. The van der Waals surface area contributed by atoms with Gasteiger partial charge >= 0.3 is 0 Å². The van der Waals surface area contributed by atoms with Crippen molar-refractivity contribution in [2.24, 2.45) is 5.92 Å². The average molecular weight is 228 g/mol. The van der Waals surface area contributed by atoms with E-state index >= 15 is 0 Å². The summed E-state index contributed by atoms with van der Waals surface area (Å²) in [6, 6.07) is 6.87. The highest BCUT2D eigenvalue weighted by atomic mass is 14.9. The second-order valence-corrected chi connectivity index (χ2v) is 5.32. The molecule has 1 atom stereocenters. The highest BCUT2D eigenvalue weighted by Gasteiger charge is 2.15. The zero-order chi connectivity index (χ0) is 11.8. The molecule has 0 aliphatic carbocycles. The molecule has 1 aliphatic rings. The number of rotatable bonds is 2. The van der Waals surface area contributed by atoms with Gasteiger partial charge in [0.2, 0.25) is 0 Å². The standard InChI is InChI=1S/C15H20N2/c1-10-11(2)17-15-4-3-12(8-14(10)15)7-13-5-6-16-9-13/h3-4,8,13,16-17H,5-7,9H2,1-2H3. The minimum absolute atomic E-state index is 0.827. The van der Waals surface area contributed by atoms with Gasteiger partial charge in [-0.15, -0.1) is 0 Å². The van der Waals surface area contributed by atoms with Crippen LogP contribution in [0.4, 0.5) is 0 Å². The second kappa shape index (κ2) is 4.19. The Bertz CT molecular complexity index is 533. The minimum atomic E-state index is 0.827.